The van der Waals surface area contributed by atoms with Gasteiger partial charge in [-0.2, -0.15) is 0 Å². The van der Waals surface area contributed by atoms with Crippen molar-refractivity contribution in [2.75, 3.05) is 12.4 Å². The van der Waals surface area contributed by atoms with Crippen molar-refractivity contribution in [3.05, 3.63) is 41.7 Å². The van der Waals surface area contributed by atoms with Crippen LogP contribution in [0.5, 0.6) is 0 Å². The van der Waals surface area contributed by atoms with Gasteiger partial charge in [-0.3, -0.25) is 4.79 Å². The number of anilines is 1. The molecular weight excluding hydrogens is 261 g/mol. The molecule has 4 nitrogen and oxygen atoms in total. The maximum Gasteiger partial charge on any atom is 0.340 e. The summed E-state index contributed by atoms with van der Waals surface area (Å²) in [5.74, 6) is -1.63. The first-order valence-electron chi connectivity index (χ1n) is 6.45. The minimum atomic E-state index is -0.765. The summed E-state index contributed by atoms with van der Waals surface area (Å²) in [5, 5.41) is 2.71. The average molecular weight is 277 g/mol. The Labute approximate surface area is 116 Å². The fraction of sp³-hybridized carbons (Fsp3) is 0.333. The largest absolute Gasteiger partial charge is 0.465 e. The van der Waals surface area contributed by atoms with E-state index in [4.69, 9.17) is 0 Å². The lowest BCUT2D eigenvalue weighted by Crippen LogP contribution is -2.23. The Kier molecular flexibility index (Phi) is 4.50. The first-order valence-corrected chi connectivity index (χ1v) is 6.45. The first-order chi connectivity index (χ1) is 9.61. The molecule has 1 aromatic carbocycles. The number of amides is 1. The van der Waals surface area contributed by atoms with E-state index in [0.29, 0.717) is 12.1 Å². The number of carbonyl (C=O) groups excluding carboxylic acids is 2. The molecule has 0 aromatic heterocycles. The van der Waals surface area contributed by atoms with Crippen molar-refractivity contribution < 1.29 is 18.7 Å². The lowest BCUT2D eigenvalue weighted by Gasteiger charge is -2.17. The molecule has 0 saturated carbocycles. The zero-order valence-corrected chi connectivity index (χ0v) is 11.2. The smallest absolute Gasteiger partial charge is 0.340 e. The fourth-order valence-corrected chi connectivity index (χ4v) is 2.15. The van der Waals surface area contributed by atoms with Crippen LogP contribution < -0.4 is 5.32 Å². The van der Waals surface area contributed by atoms with Crippen LogP contribution in [0, 0.1) is 11.7 Å². The summed E-state index contributed by atoms with van der Waals surface area (Å²) in [5.41, 5.74) is 0.209. The van der Waals surface area contributed by atoms with Crippen LogP contribution in [-0.4, -0.2) is 19.0 Å². The molecule has 0 unspecified atom stereocenters. The predicted molar refractivity (Wildman–Crippen MR) is 72.9 cm³/mol. The van der Waals surface area contributed by atoms with Gasteiger partial charge in [-0.1, -0.05) is 12.2 Å². The number of carbonyl (C=O) groups is 2. The topological polar surface area (TPSA) is 55.4 Å². The molecule has 0 heterocycles. The van der Waals surface area contributed by atoms with Crippen molar-refractivity contribution in [3.63, 3.8) is 0 Å². The van der Waals surface area contributed by atoms with Crippen LogP contribution in [0.1, 0.15) is 29.6 Å². The molecule has 1 atom stereocenters. The van der Waals surface area contributed by atoms with E-state index in [2.05, 4.69) is 16.1 Å². The summed E-state index contributed by atoms with van der Waals surface area (Å²) in [6, 6.07) is 3.86. The molecule has 0 aliphatic heterocycles. The van der Waals surface area contributed by atoms with Crippen LogP contribution in [0.25, 0.3) is 0 Å². The summed E-state index contributed by atoms with van der Waals surface area (Å²) >= 11 is 0. The van der Waals surface area contributed by atoms with E-state index < -0.39 is 11.8 Å². The third-order valence-electron chi connectivity index (χ3n) is 3.28. The Bertz CT molecular complexity index is 554. The van der Waals surface area contributed by atoms with Crippen molar-refractivity contribution >= 4 is 17.6 Å². The van der Waals surface area contributed by atoms with Crippen LogP contribution in [0.2, 0.25) is 0 Å². The van der Waals surface area contributed by atoms with Crippen molar-refractivity contribution in [2.45, 2.75) is 19.3 Å². The van der Waals surface area contributed by atoms with E-state index >= 15 is 0 Å². The standard InChI is InChI=1S/C15H16FNO3/c1-20-15(19)12-9-11(7-8-13(12)16)17-14(18)10-5-3-2-4-6-10/h2-3,7-10H,4-6H2,1H3,(H,17,18)/t10-/m1/s1. The average Bonchev–Trinajstić information content (AvgIpc) is 2.49. The number of halogens is 1. The van der Waals surface area contributed by atoms with Gasteiger partial charge in [0.1, 0.15) is 5.82 Å². The van der Waals surface area contributed by atoms with Crippen molar-refractivity contribution in [1.82, 2.24) is 0 Å². The van der Waals surface area contributed by atoms with Gasteiger partial charge in [-0.05, 0) is 37.5 Å². The van der Waals surface area contributed by atoms with Gasteiger partial charge in [0, 0.05) is 11.6 Å². The van der Waals surface area contributed by atoms with Gasteiger partial charge in [0.2, 0.25) is 5.91 Å². The van der Waals surface area contributed by atoms with E-state index in [1.807, 2.05) is 6.08 Å². The molecule has 0 fully saturated rings. The molecule has 0 spiro atoms. The van der Waals surface area contributed by atoms with Gasteiger partial charge in [0.15, 0.2) is 0 Å². The molecule has 106 valence electrons. The Balaban J connectivity index is 2.11. The van der Waals surface area contributed by atoms with Crippen molar-refractivity contribution in [3.8, 4) is 0 Å². The van der Waals surface area contributed by atoms with Crippen molar-refractivity contribution in [2.24, 2.45) is 5.92 Å². The van der Waals surface area contributed by atoms with Gasteiger partial charge in [0.05, 0.1) is 12.7 Å². The first kappa shape index (κ1) is 14.2. The minimum Gasteiger partial charge on any atom is -0.465 e. The molecule has 1 aliphatic rings. The molecule has 2 rings (SSSR count). The number of benzene rings is 1. The van der Waals surface area contributed by atoms with Crippen LogP contribution in [-0.2, 0) is 9.53 Å². The molecule has 1 aromatic rings. The molecule has 1 N–H and O–H groups in total. The van der Waals surface area contributed by atoms with E-state index in [1.54, 1.807) is 0 Å². The Morgan fingerprint density at radius 1 is 1.35 bits per heavy atom. The number of ether oxygens (including phenoxy) is 1. The number of rotatable bonds is 3. The second-order valence-electron chi connectivity index (χ2n) is 4.66. The highest BCUT2D eigenvalue weighted by molar-refractivity contribution is 5.95. The molecule has 20 heavy (non-hydrogen) atoms. The normalized spacial score (nSPS) is 17.6. The minimum absolute atomic E-state index is 0.0772. The van der Waals surface area contributed by atoms with Crippen LogP contribution in [0.3, 0.4) is 0 Å². The molecule has 0 radical (unpaired) electrons. The number of methoxy groups -OCH3 is 1. The van der Waals surface area contributed by atoms with Crippen LogP contribution >= 0.6 is 0 Å². The number of esters is 1. The number of allylic oxidation sites excluding steroid dienone is 2. The van der Waals surface area contributed by atoms with Gasteiger partial charge in [0.25, 0.3) is 0 Å². The summed E-state index contributed by atoms with van der Waals surface area (Å²) < 4.78 is 18.0. The lowest BCUT2D eigenvalue weighted by atomic mass is 9.93. The van der Waals surface area contributed by atoms with Gasteiger partial charge in [-0.25, -0.2) is 9.18 Å². The molecule has 1 aliphatic carbocycles. The zero-order valence-electron chi connectivity index (χ0n) is 11.2. The molecule has 5 heteroatoms. The highest BCUT2D eigenvalue weighted by Gasteiger charge is 2.20. The summed E-state index contributed by atoms with van der Waals surface area (Å²) in [6.45, 7) is 0. The molecule has 0 bridgehead atoms. The monoisotopic (exact) mass is 277 g/mol. The summed E-state index contributed by atoms with van der Waals surface area (Å²) in [7, 11) is 1.18. The SMILES string of the molecule is COC(=O)c1cc(NC(=O)[C@@H]2CC=CCC2)ccc1F. The van der Waals surface area contributed by atoms with Gasteiger partial charge >= 0.3 is 5.97 Å². The zero-order chi connectivity index (χ0) is 14.5. The highest BCUT2D eigenvalue weighted by Crippen LogP contribution is 2.21. The van der Waals surface area contributed by atoms with E-state index in [-0.39, 0.29) is 17.4 Å². The maximum absolute atomic E-state index is 13.5. The highest BCUT2D eigenvalue weighted by atomic mass is 19.1. The summed E-state index contributed by atoms with van der Waals surface area (Å²) in [4.78, 5) is 23.4. The Morgan fingerprint density at radius 3 is 2.80 bits per heavy atom. The molecule has 0 saturated heterocycles. The van der Waals surface area contributed by atoms with Gasteiger partial charge in [-0.15, -0.1) is 0 Å². The third-order valence-corrected chi connectivity index (χ3v) is 3.28. The van der Waals surface area contributed by atoms with Crippen LogP contribution in [0.4, 0.5) is 10.1 Å². The summed E-state index contributed by atoms with van der Waals surface area (Å²) in [6.07, 6.45) is 6.43. The van der Waals surface area contributed by atoms with Crippen LogP contribution in [0.15, 0.2) is 30.4 Å². The predicted octanol–water partition coefficient (Wildman–Crippen LogP) is 2.91. The third kappa shape index (κ3) is 3.23. The molecular formula is C15H16FNO3. The molecule has 1 amide bonds. The fourth-order valence-electron chi connectivity index (χ4n) is 2.15. The Morgan fingerprint density at radius 2 is 2.15 bits per heavy atom. The maximum atomic E-state index is 13.5. The number of hydrogen-bond donors (Lipinski definition) is 1. The number of nitrogens with one attached hydrogen (secondary N) is 1. The van der Waals surface area contributed by atoms with Gasteiger partial charge < -0.3 is 10.1 Å². The van der Waals surface area contributed by atoms with Crippen molar-refractivity contribution in [1.29, 1.82) is 0 Å². The van der Waals surface area contributed by atoms with E-state index in [1.165, 1.54) is 19.2 Å². The van der Waals surface area contributed by atoms with E-state index in [9.17, 15) is 14.0 Å². The van der Waals surface area contributed by atoms with E-state index in [0.717, 1.165) is 18.9 Å². The Hall–Kier alpha value is -2.17. The quantitative estimate of drug-likeness (QED) is 0.682. The lowest BCUT2D eigenvalue weighted by molar-refractivity contribution is -0.120. The second kappa shape index (κ2) is 6.32. The second-order valence-corrected chi connectivity index (χ2v) is 4.66. The number of hydrogen-bond acceptors (Lipinski definition) is 3.